The third kappa shape index (κ3) is 3.45. The van der Waals surface area contributed by atoms with Crippen molar-refractivity contribution in [2.45, 2.75) is 26.4 Å². The van der Waals surface area contributed by atoms with Gasteiger partial charge in [-0.05, 0) is 49.2 Å². The van der Waals surface area contributed by atoms with Gasteiger partial charge in [0.1, 0.15) is 5.82 Å². The molecule has 3 nitrogen and oxygen atoms in total. The van der Waals surface area contributed by atoms with E-state index in [4.69, 9.17) is 11.6 Å². The number of aryl methyl sites for hydroxylation is 1. The summed E-state index contributed by atoms with van der Waals surface area (Å²) in [5.41, 5.74) is 2.84. The molecule has 1 saturated heterocycles. The van der Waals surface area contributed by atoms with E-state index in [0.717, 1.165) is 23.4 Å². The summed E-state index contributed by atoms with van der Waals surface area (Å²) in [6, 6.07) is 11.9. The van der Waals surface area contributed by atoms with Crippen LogP contribution in [0.1, 0.15) is 18.1 Å². The van der Waals surface area contributed by atoms with Crippen molar-refractivity contribution in [3.8, 4) is 0 Å². The van der Waals surface area contributed by atoms with E-state index in [0.29, 0.717) is 18.1 Å². The molecule has 2 aromatic rings. The molecule has 0 saturated carbocycles. The van der Waals surface area contributed by atoms with Crippen molar-refractivity contribution in [2.24, 2.45) is 0 Å². The first-order valence-corrected chi connectivity index (χ1v) is 8.39. The average Bonchev–Trinajstić information content (AvgIpc) is 2.57. The number of nitrogens with zero attached hydrogens (tertiary/aromatic N) is 2. The molecule has 2 aromatic carbocycles. The quantitative estimate of drug-likeness (QED) is 0.838. The first-order valence-electron chi connectivity index (χ1n) is 8.02. The second-order valence-corrected chi connectivity index (χ2v) is 6.60. The van der Waals surface area contributed by atoms with Gasteiger partial charge < -0.3 is 4.90 Å². The molecule has 1 heterocycles. The van der Waals surface area contributed by atoms with Gasteiger partial charge in [0.2, 0.25) is 5.91 Å². The molecule has 1 aliphatic rings. The van der Waals surface area contributed by atoms with Gasteiger partial charge in [-0.25, -0.2) is 4.39 Å². The van der Waals surface area contributed by atoms with Gasteiger partial charge in [-0.2, -0.15) is 0 Å². The van der Waals surface area contributed by atoms with Gasteiger partial charge in [0.05, 0.1) is 6.04 Å². The lowest BCUT2D eigenvalue weighted by atomic mass is 10.1. The Hall–Kier alpha value is -1.91. The van der Waals surface area contributed by atoms with E-state index >= 15 is 0 Å². The maximum Gasteiger partial charge on any atom is 0.244 e. The van der Waals surface area contributed by atoms with Gasteiger partial charge in [-0.3, -0.25) is 9.69 Å². The Labute approximate surface area is 146 Å². The van der Waals surface area contributed by atoms with Crippen LogP contribution in [-0.4, -0.2) is 29.9 Å². The van der Waals surface area contributed by atoms with Crippen LogP contribution in [0, 0.1) is 12.7 Å². The Morgan fingerprint density at radius 2 is 1.88 bits per heavy atom. The predicted octanol–water partition coefficient (Wildman–Crippen LogP) is 4.02. The van der Waals surface area contributed by atoms with Crippen LogP contribution in [0.15, 0.2) is 42.5 Å². The zero-order chi connectivity index (χ0) is 17.3. The van der Waals surface area contributed by atoms with Crippen LogP contribution in [0.25, 0.3) is 0 Å². The van der Waals surface area contributed by atoms with Gasteiger partial charge >= 0.3 is 0 Å². The molecule has 0 aromatic heterocycles. The third-order valence-corrected chi connectivity index (χ3v) is 4.96. The van der Waals surface area contributed by atoms with E-state index in [1.807, 2.05) is 32.0 Å². The summed E-state index contributed by atoms with van der Waals surface area (Å²) < 4.78 is 13.0. The molecule has 1 amide bonds. The molecular weight excluding hydrogens is 327 g/mol. The number of piperazine rings is 1. The lowest BCUT2D eigenvalue weighted by molar-refractivity contribution is -0.125. The lowest BCUT2D eigenvalue weighted by Crippen LogP contribution is -2.55. The summed E-state index contributed by atoms with van der Waals surface area (Å²) in [6.45, 7) is 5.86. The van der Waals surface area contributed by atoms with Crippen molar-refractivity contribution in [3.63, 3.8) is 0 Å². The summed E-state index contributed by atoms with van der Waals surface area (Å²) in [7, 11) is 0. The molecule has 126 valence electrons. The van der Waals surface area contributed by atoms with E-state index in [1.165, 1.54) is 12.1 Å². The predicted molar refractivity (Wildman–Crippen MR) is 94.8 cm³/mol. The van der Waals surface area contributed by atoms with Crippen molar-refractivity contribution < 1.29 is 9.18 Å². The van der Waals surface area contributed by atoms with Crippen molar-refractivity contribution >= 4 is 23.2 Å². The number of hydrogen-bond donors (Lipinski definition) is 0. The first-order chi connectivity index (χ1) is 11.5. The number of halogens is 2. The molecule has 1 aliphatic heterocycles. The zero-order valence-corrected chi connectivity index (χ0v) is 14.6. The number of rotatable bonds is 3. The summed E-state index contributed by atoms with van der Waals surface area (Å²) in [5.74, 6) is -0.188. The van der Waals surface area contributed by atoms with Gasteiger partial charge in [-0.15, -0.1) is 0 Å². The Morgan fingerprint density at radius 1 is 1.17 bits per heavy atom. The van der Waals surface area contributed by atoms with Crippen molar-refractivity contribution in [2.75, 3.05) is 18.0 Å². The minimum atomic E-state index is -0.246. The van der Waals surface area contributed by atoms with Crippen molar-refractivity contribution in [1.29, 1.82) is 0 Å². The van der Waals surface area contributed by atoms with Gasteiger partial charge in [-0.1, -0.05) is 29.8 Å². The highest BCUT2D eigenvalue weighted by Crippen LogP contribution is 2.26. The number of carbonyl (C=O) groups excluding carboxylic acids is 1. The summed E-state index contributed by atoms with van der Waals surface area (Å²) in [4.78, 5) is 16.7. The van der Waals surface area contributed by atoms with E-state index in [2.05, 4.69) is 4.90 Å². The maximum atomic E-state index is 13.0. The highest BCUT2D eigenvalue weighted by molar-refractivity contribution is 6.31. The largest absolute Gasteiger partial charge is 0.310 e. The average molecular weight is 347 g/mol. The van der Waals surface area contributed by atoms with Crippen molar-refractivity contribution in [1.82, 2.24) is 4.90 Å². The fourth-order valence-corrected chi connectivity index (χ4v) is 3.14. The Balaban J connectivity index is 1.73. The SMILES string of the molecule is Cc1ccc(N2CCN(Cc3ccc(F)cc3)[C@H](C)C2=O)cc1Cl. The smallest absolute Gasteiger partial charge is 0.244 e. The summed E-state index contributed by atoms with van der Waals surface area (Å²) >= 11 is 6.19. The molecule has 3 rings (SSSR count). The molecule has 0 radical (unpaired) electrons. The monoisotopic (exact) mass is 346 g/mol. The second kappa shape index (κ2) is 6.91. The molecule has 0 spiro atoms. The van der Waals surface area contributed by atoms with E-state index in [-0.39, 0.29) is 17.8 Å². The van der Waals surface area contributed by atoms with Crippen LogP contribution in [0.4, 0.5) is 10.1 Å². The normalized spacial score (nSPS) is 18.9. The standard InChI is InChI=1S/C19H20ClFN2O/c1-13-3-8-17(11-18(13)20)23-10-9-22(14(2)19(23)24)12-15-4-6-16(21)7-5-15/h3-8,11,14H,9-10,12H2,1-2H3/t14-/m1/s1. The molecule has 1 atom stereocenters. The summed E-state index contributed by atoms with van der Waals surface area (Å²) in [5, 5.41) is 0.668. The minimum Gasteiger partial charge on any atom is -0.310 e. The van der Waals surface area contributed by atoms with Crippen LogP contribution < -0.4 is 4.90 Å². The molecule has 1 fully saturated rings. The molecule has 0 unspecified atom stereocenters. The number of anilines is 1. The lowest BCUT2D eigenvalue weighted by Gasteiger charge is -2.39. The number of benzene rings is 2. The van der Waals surface area contributed by atoms with Crippen LogP contribution in [0.2, 0.25) is 5.02 Å². The van der Waals surface area contributed by atoms with Crippen LogP contribution in [0.3, 0.4) is 0 Å². The highest BCUT2D eigenvalue weighted by Gasteiger charge is 2.32. The Kier molecular flexibility index (Phi) is 4.88. The fraction of sp³-hybridized carbons (Fsp3) is 0.316. The first kappa shape index (κ1) is 16.9. The number of hydrogen-bond acceptors (Lipinski definition) is 2. The Morgan fingerprint density at radius 3 is 2.54 bits per heavy atom. The molecule has 0 bridgehead atoms. The molecular formula is C19H20ClFN2O. The molecule has 0 N–H and O–H groups in total. The number of amides is 1. The van der Waals surface area contributed by atoms with Crippen LogP contribution in [0.5, 0.6) is 0 Å². The van der Waals surface area contributed by atoms with Gasteiger partial charge in [0, 0.05) is 30.3 Å². The van der Waals surface area contributed by atoms with Gasteiger partial charge in [0.15, 0.2) is 0 Å². The zero-order valence-electron chi connectivity index (χ0n) is 13.8. The van der Waals surface area contributed by atoms with Gasteiger partial charge in [0.25, 0.3) is 0 Å². The minimum absolute atomic E-state index is 0.0586. The van der Waals surface area contributed by atoms with E-state index < -0.39 is 0 Å². The van der Waals surface area contributed by atoms with E-state index in [9.17, 15) is 9.18 Å². The number of carbonyl (C=O) groups is 1. The molecule has 5 heteroatoms. The van der Waals surface area contributed by atoms with Crippen LogP contribution >= 0.6 is 11.6 Å². The third-order valence-electron chi connectivity index (χ3n) is 4.55. The molecule has 24 heavy (non-hydrogen) atoms. The molecule has 0 aliphatic carbocycles. The highest BCUT2D eigenvalue weighted by atomic mass is 35.5. The van der Waals surface area contributed by atoms with Crippen LogP contribution in [-0.2, 0) is 11.3 Å². The van der Waals surface area contributed by atoms with E-state index in [1.54, 1.807) is 17.0 Å². The fourth-order valence-electron chi connectivity index (χ4n) is 2.96. The second-order valence-electron chi connectivity index (χ2n) is 6.20. The Bertz CT molecular complexity index is 748. The van der Waals surface area contributed by atoms with Crippen molar-refractivity contribution in [3.05, 3.63) is 64.4 Å². The topological polar surface area (TPSA) is 23.6 Å². The summed E-state index contributed by atoms with van der Waals surface area (Å²) in [6.07, 6.45) is 0. The maximum absolute atomic E-state index is 13.0.